The van der Waals surface area contributed by atoms with Crippen LogP contribution in [0.15, 0.2) is 18.6 Å². The fraction of sp³-hybridized carbons (Fsp3) is 0.688. The van der Waals surface area contributed by atoms with Gasteiger partial charge in [0.2, 0.25) is 0 Å². The molecular weight excluding hydrogens is 296 g/mol. The second kappa shape index (κ2) is 8.79. The number of hydrogen-bond acceptors (Lipinski definition) is 6. The average molecular weight is 324 g/mol. The topological polar surface area (TPSA) is 87.6 Å². The molecule has 0 bridgehead atoms. The zero-order chi connectivity index (χ0) is 17.5. The summed E-state index contributed by atoms with van der Waals surface area (Å²) in [5.41, 5.74) is 0.279. The van der Waals surface area contributed by atoms with Crippen LogP contribution in [0, 0.1) is 0 Å². The van der Waals surface area contributed by atoms with Crippen molar-refractivity contribution in [3.05, 3.63) is 24.3 Å². The van der Waals surface area contributed by atoms with Gasteiger partial charge in [-0.2, -0.15) is 0 Å². The maximum Gasteiger partial charge on any atom is 0.410 e. The first kappa shape index (κ1) is 19.3. The highest BCUT2D eigenvalue weighted by molar-refractivity contribution is 5.68. The number of carbonyl (C=O) groups is 1. The summed E-state index contributed by atoms with van der Waals surface area (Å²) in [4.78, 5) is 22.0. The van der Waals surface area contributed by atoms with Crippen LogP contribution >= 0.6 is 0 Å². The lowest BCUT2D eigenvalue weighted by Crippen LogP contribution is -2.43. The van der Waals surface area contributed by atoms with Crippen molar-refractivity contribution in [3.8, 4) is 0 Å². The first-order valence-corrected chi connectivity index (χ1v) is 7.84. The van der Waals surface area contributed by atoms with Gasteiger partial charge in [0.15, 0.2) is 0 Å². The highest BCUT2D eigenvalue weighted by Gasteiger charge is 2.23. The van der Waals surface area contributed by atoms with Gasteiger partial charge in [0.05, 0.1) is 11.8 Å². The number of aliphatic hydroxyl groups excluding tert-OH is 1. The van der Waals surface area contributed by atoms with Gasteiger partial charge in [-0.1, -0.05) is 0 Å². The third kappa shape index (κ3) is 7.90. The molecule has 0 aliphatic carbocycles. The van der Waals surface area contributed by atoms with Crippen molar-refractivity contribution in [2.24, 2.45) is 0 Å². The van der Waals surface area contributed by atoms with Crippen LogP contribution in [0.5, 0.6) is 0 Å². The number of carbonyl (C=O) groups excluding carboxylic acids is 1. The van der Waals surface area contributed by atoms with Gasteiger partial charge in [-0.3, -0.25) is 9.97 Å². The molecule has 0 radical (unpaired) electrons. The molecule has 0 fully saturated rings. The van der Waals surface area contributed by atoms with Crippen LogP contribution < -0.4 is 5.32 Å². The number of amides is 1. The fourth-order valence-electron chi connectivity index (χ4n) is 1.96. The Hall–Kier alpha value is -1.73. The summed E-state index contributed by atoms with van der Waals surface area (Å²) in [6, 6.07) is 0.0238. The molecule has 2 N–H and O–H groups in total. The van der Waals surface area contributed by atoms with E-state index in [0.717, 1.165) is 5.69 Å². The van der Waals surface area contributed by atoms with E-state index in [1.54, 1.807) is 25.5 Å². The van der Waals surface area contributed by atoms with E-state index in [-0.39, 0.29) is 12.6 Å². The number of aliphatic hydroxyl groups is 1. The Kier molecular flexibility index (Phi) is 7.38. The SMILES string of the molecule is CC(O)CN(CCNC(C)c1cnccn1)C(=O)OC(C)(C)C. The molecule has 0 saturated carbocycles. The zero-order valence-electron chi connectivity index (χ0n) is 14.6. The van der Waals surface area contributed by atoms with Crippen LogP contribution in [-0.2, 0) is 4.74 Å². The van der Waals surface area contributed by atoms with Gasteiger partial charge in [-0.25, -0.2) is 4.79 Å². The van der Waals surface area contributed by atoms with Crippen molar-refractivity contribution >= 4 is 6.09 Å². The van der Waals surface area contributed by atoms with E-state index >= 15 is 0 Å². The maximum atomic E-state index is 12.2. The normalized spacial score (nSPS) is 14.2. The van der Waals surface area contributed by atoms with E-state index in [4.69, 9.17) is 4.74 Å². The smallest absolute Gasteiger partial charge is 0.410 e. The van der Waals surface area contributed by atoms with Gasteiger partial charge >= 0.3 is 6.09 Å². The predicted molar refractivity (Wildman–Crippen MR) is 87.9 cm³/mol. The van der Waals surface area contributed by atoms with Crippen LogP contribution in [-0.4, -0.2) is 57.4 Å². The molecular formula is C16H28N4O3. The van der Waals surface area contributed by atoms with Gasteiger partial charge < -0.3 is 20.1 Å². The van der Waals surface area contributed by atoms with Gasteiger partial charge in [0, 0.05) is 44.3 Å². The molecule has 1 aromatic rings. The van der Waals surface area contributed by atoms with Crippen LogP contribution in [0.3, 0.4) is 0 Å². The highest BCUT2D eigenvalue weighted by Crippen LogP contribution is 2.11. The molecule has 23 heavy (non-hydrogen) atoms. The Morgan fingerprint density at radius 3 is 2.61 bits per heavy atom. The number of ether oxygens (including phenoxy) is 1. The molecule has 2 unspecified atom stereocenters. The van der Waals surface area contributed by atoms with Crippen LogP contribution in [0.4, 0.5) is 4.79 Å². The predicted octanol–water partition coefficient (Wildman–Crippen LogP) is 1.75. The van der Waals surface area contributed by atoms with Crippen LogP contribution in [0.25, 0.3) is 0 Å². The largest absolute Gasteiger partial charge is 0.444 e. The molecule has 2 atom stereocenters. The molecule has 0 aromatic carbocycles. The minimum absolute atomic E-state index is 0.0238. The molecule has 7 heteroatoms. The lowest BCUT2D eigenvalue weighted by atomic mass is 10.2. The van der Waals surface area contributed by atoms with Gasteiger partial charge in [0.25, 0.3) is 0 Å². The fourth-order valence-corrected chi connectivity index (χ4v) is 1.96. The average Bonchev–Trinajstić information content (AvgIpc) is 2.44. The zero-order valence-corrected chi connectivity index (χ0v) is 14.6. The number of rotatable bonds is 7. The first-order valence-electron chi connectivity index (χ1n) is 7.84. The van der Waals surface area contributed by atoms with Crippen molar-refractivity contribution in [2.75, 3.05) is 19.6 Å². The van der Waals surface area contributed by atoms with Gasteiger partial charge in [-0.05, 0) is 34.6 Å². The third-order valence-corrected chi connectivity index (χ3v) is 3.00. The molecule has 1 amide bonds. The molecule has 0 saturated heterocycles. The summed E-state index contributed by atoms with van der Waals surface area (Å²) in [5.74, 6) is 0. The molecule has 1 heterocycles. The standard InChI is InChI=1S/C16H28N4O3/c1-12(21)11-20(15(22)23-16(3,4)5)9-8-18-13(2)14-10-17-6-7-19-14/h6-7,10,12-13,18,21H,8-9,11H2,1-5H3. The lowest BCUT2D eigenvalue weighted by Gasteiger charge is -2.28. The van der Waals surface area contributed by atoms with Gasteiger partial charge in [-0.15, -0.1) is 0 Å². The molecule has 130 valence electrons. The van der Waals surface area contributed by atoms with Crippen LogP contribution in [0.2, 0.25) is 0 Å². The van der Waals surface area contributed by atoms with E-state index in [1.165, 1.54) is 4.90 Å². The summed E-state index contributed by atoms with van der Waals surface area (Å²) in [6.45, 7) is 10.3. The Labute approximate surface area is 138 Å². The van der Waals surface area contributed by atoms with E-state index in [0.29, 0.717) is 13.1 Å². The minimum Gasteiger partial charge on any atom is -0.444 e. The maximum absolute atomic E-state index is 12.2. The van der Waals surface area contributed by atoms with Gasteiger partial charge in [0.1, 0.15) is 5.60 Å². The lowest BCUT2D eigenvalue weighted by molar-refractivity contribution is 0.0163. The van der Waals surface area contributed by atoms with Crippen molar-refractivity contribution in [3.63, 3.8) is 0 Å². The second-order valence-electron chi connectivity index (χ2n) is 6.58. The highest BCUT2D eigenvalue weighted by atomic mass is 16.6. The van der Waals surface area contributed by atoms with Crippen molar-refractivity contribution in [2.45, 2.75) is 52.4 Å². The number of aromatic nitrogens is 2. The quantitative estimate of drug-likeness (QED) is 0.794. The van der Waals surface area contributed by atoms with E-state index in [9.17, 15) is 9.90 Å². The first-order chi connectivity index (χ1) is 10.7. The molecule has 7 nitrogen and oxygen atoms in total. The monoisotopic (exact) mass is 324 g/mol. The number of hydrogen-bond donors (Lipinski definition) is 2. The van der Waals surface area contributed by atoms with Crippen molar-refractivity contribution < 1.29 is 14.6 Å². The van der Waals surface area contributed by atoms with Crippen molar-refractivity contribution in [1.82, 2.24) is 20.2 Å². The van der Waals surface area contributed by atoms with E-state index in [1.807, 2.05) is 27.7 Å². The van der Waals surface area contributed by atoms with E-state index < -0.39 is 17.8 Å². The number of nitrogens with one attached hydrogen (secondary N) is 1. The molecule has 1 aromatic heterocycles. The Morgan fingerprint density at radius 1 is 1.39 bits per heavy atom. The Morgan fingerprint density at radius 2 is 2.09 bits per heavy atom. The van der Waals surface area contributed by atoms with Crippen molar-refractivity contribution in [1.29, 1.82) is 0 Å². The summed E-state index contributed by atoms with van der Waals surface area (Å²) >= 11 is 0. The molecule has 0 aliphatic heterocycles. The Balaban J connectivity index is 2.52. The Bertz CT molecular complexity index is 474. The summed E-state index contributed by atoms with van der Waals surface area (Å²) in [6.07, 6.45) is 3.95. The molecule has 0 spiro atoms. The third-order valence-electron chi connectivity index (χ3n) is 3.00. The summed E-state index contributed by atoms with van der Waals surface area (Å²) < 4.78 is 5.37. The summed E-state index contributed by atoms with van der Waals surface area (Å²) in [5, 5.41) is 12.9. The number of nitrogens with zero attached hydrogens (tertiary/aromatic N) is 3. The minimum atomic E-state index is -0.611. The molecule has 0 aliphatic rings. The van der Waals surface area contributed by atoms with Crippen LogP contribution in [0.1, 0.15) is 46.4 Å². The second-order valence-corrected chi connectivity index (χ2v) is 6.58. The van der Waals surface area contributed by atoms with E-state index in [2.05, 4.69) is 15.3 Å². The molecule has 1 rings (SSSR count). The summed E-state index contributed by atoms with van der Waals surface area (Å²) in [7, 11) is 0.